The van der Waals surface area contributed by atoms with Gasteiger partial charge in [0, 0.05) is 52.0 Å². The van der Waals surface area contributed by atoms with Crippen molar-refractivity contribution in [2.75, 3.05) is 40.0 Å². The van der Waals surface area contributed by atoms with Gasteiger partial charge in [0.05, 0.1) is 11.6 Å². The average Bonchev–Trinajstić information content (AvgIpc) is 2.55. The minimum absolute atomic E-state index is 0.0811. The van der Waals surface area contributed by atoms with Gasteiger partial charge in [0.15, 0.2) is 0 Å². The van der Waals surface area contributed by atoms with E-state index in [1.165, 1.54) is 0 Å². The maximum Gasteiger partial charge on any atom is 0.317 e. The van der Waals surface area contributed by atoms with Crippen molar-refractivity contribution in [1.29, 1.82) is 0 Å². The van der Waals surface area contributed by atoms with Crippen LogP contribution in [0.2, 0.25) is 0 Å². The van der Waals surface area contributed by atoms with Crippen molar-refractivity contribution in [2.45, 2.75) is 63.3 Å². The van der Waals surface area contributed by atoms with Gasteiger partial charge in [0.1, 0.15) is 0 Å². The van der Waals surface area contributed by atoms with E-state index in [0.717, 1.165) is 58.5 Å². The summed E-state index contributed by atoms with van der Waals surface area (Å²) in [5, 5.41) is 2.99. The summed E-state index contributed by atoms with van der Waals surface area (Å²) in [5.74, 6) is 0. The van der Waals surface area contributed by atoms with E-state index in [4.69, 9.17) is 9.47 Å². The van der Waals surface area contributed by atoms with E-state index in [2.05, 4.69) is 10.2 Å². The van der Waals surface area contributed by atoms with Crippen LogP contribution in [0.15, 0.2) is 0 Å². The zero-order chi connectivity index (χ0) is 16.4. The predicted octanol–water partition coefficient (Wildman–Crippen LogP) is 1.45. The van der Waals surface area contributed by atoms with Gasteiger partial charge in [0.2, 0.25) is 0 Å². The van der Waals surface area contributed by atoms with Crippen LogP contribution in [0.5, 0.6) is 0 Å². The first kappa shape index (κ1) is 17.0. The van der Waals surface area contributed by atoms with Crippen molar-refractivity contribution in [2.24, 2.45) is 0 Å². The molecule has 6 heteroatoms. The lowest BCUT2D eigenvalue weighted by Gasteiger charge is -2.63. The summed E-state index contributed by atoms with van der Waals surface area (Å²) in [4.78, 5) is 16.7. The molecular formula is C17H31N3O3. The fraction of sp³-hybridized carbons (Fsp3) is 0.941. The largest absolute Gasteiger partial charge is 0.381 e. The fourth-order valence-electron chi connectivity index (χ4n) is 4.46. The molecular weight excluding hydrogens is 294 g/mol. The third kappa shape index (κ3) is 3.21. The van der Waals surface area contributed by atoms with E-state index in [1.807, 2.05) is 25.9 Å². The summed E-state index contributed by atoms with van der Waals surface area (Å²) in [7, 11) is 1.83. The van der Waals surface area contributed by atoms with Crippen LogP contribution in [0.25, 0.3) is 0 Å². The molecule has 1 atom stereocenters. The van der Waals surface area contributed by atoms with Crippen molar-refractivity contribution >= 4 is 6.03 Å². The Morgan fingerprint density at radius 1 is 1.26 bits per heavy atom. The fourth-order valence-corrected chi connectivity index (χ4v) is 4.46. The molecule has 2 amide bonds. The van der Waals surface area contributed by atoms with Gasteiger partial charge >= 0.3 is 6.03 Å². The molecule has 1 unspecified atom stereocenters. The lowest BCUT2D eigenvalue weighted by Crippen LogP contribution is -2.75. The van der Waals surface area contributed by atoms with Crippen molar-refractivity contribution in [3.8, 4) is 0 Å². The number of nitrogens with zero attached hydrogens (tertiary/aromatic N) is 2. The number of urea groups is 1. The van der Waals surface area contributed by atoms with E-state index < -0.39 is 0 Å². The van der Waals surface area contributed by atoms with Crippen molar-refractivity contribution in [1.82, 2.24) is 15.1 Å². The standard InChI is InChI=1S/C17H31N3O3/c1-13(2)18-16(21)19-8-4-14(5-9-19)20-12-15(22-3)17(20)6-10-23-11-7-17/h13-15H,4-12H2,1-3H3,(H,18,21). The number of carbonyl (C=O) groups excluding carboxylic acids is 1. The van der Waals surface area contributed by atoms with Crippen LogP contribution in [0.1, 0.15) is 39.5 Å². The van der Waals surface area contributed by atoms with Crippen LogP contribution in [-0.4, -0.2) is 79.5 Å². The van der Waals surface area contributed by atoms with Crippen LogP contribution >= 0.6 is 0 Å². The van der Waals surface area contributed by atoms with E-state index >= 15 is 0 Å². The minimum Gasteiger partial charge on any atom is -0.381 e. The first-order valence-electron chi connectivity index (χ1n) is 8.99. The molecule has 3 heterocycles. The Bertz CT molecular complexity index is 415. The second-order valence-electron chi connectivity index (χ2n) is 7.42. The summed E-state index contributed by atoms with van der Waals surface area (Å²) in [6.07, 6.45) is 4.60. The van der Waals surface area contributed by atoms with Crippen LogP contribution in [-0.2, 0) is 9.47 Å². The Morgan fingerprint density at radius 3 is 2.48 bits per heavy atom. The zero-order valence-electron chi connectivity index (χ0n) is 14.7. The summed E-state index contributed by atoms with van der Waals surface area (Å²) in [6, 6.07) is 0.851. The van der Waals surface area contributed by atoms with Crippen LogP contribution in [0, 0.1) is 0 Å². The number of nitrogens with one attached hydrogen (secondary N) is 1. The second-order valence-corrected chi connectivity index (χ2v) is 7.42. The summed E-state index contributed by atoms with van der Waals surface area (Å²) < 4.78 is 11.3. The van der Waals surface area contributed by atoms with Crippen LogP contribution in [0.3, 0.4) is 0 Å². The smallest absolute Gasteiger partial charge is 0.317 e. The summed E-state index contributed by atoms with van der Waals surface area (Å²) in [5.41, 5.74) is 0.181. The Balaban J connectivity index is 1.56. The molecule has 6 nitrogen and oxygen atoms in total. The maximum atomic E-state index is 12.1. The highest BCUT2D eigenvalue weighted by molar-refractivity contribution is 5.74. The lowest BCUT2D eigenvalue weighted by atomic mass is 9.73. The van der Waals surface area contributed by atoms with Crippen molar-refractivity contribution in [3.05, 3.63) is 0 Å². The van der Waals surface area contributed by atoms with Gasteiger partial charge in [-0.2, -0.15) is 0 Å². The van der Waals surface area contributed by atoms with Gasteiger partial charge in [-0.05, 0) is 39.5 Å². The molecule has 0 aliphatic carbocycles. The Morgan fingerprint density at radius 2 is 1.91 bits per heavy atom. The third-order valence-electron chi connectivity index (χ3n) is 5.78. The molecule has 3 saturated heterocycles. The number of rotatable bonds is 3. The second kappa shape index (κ2) is 6.95. The number of carbonyl (C=O) groups is 1. The van der Waals surface area contributed by atoms with Gasteiger partial charge in [-0.3, -0.25) is 4.90 Å². The molecule has 3 aliphatic rings. The molecule has 23 heavy (non-hydrogen) atoms. The first-order valence-corrected chi connectivity index (χ1v) is 8.99. The molecule has 3 aliphatic heterocycles. The van der Waals surface area contributed by atoms with Gasteiger partial charge < -0.3 is 19.7 Å². The Labute approximate surface area is 139 Å². The topological polar surface area (TPSA) is 54.0 Å². The normalized spacial score (nSPS) is 28.9. The molecule has 0 radical (unpaired) electrons. The molecule has 3 rings (SSSR count). The Kier molecular flexibility index (Phi) is 5.13. The predicted molar refractivity (Wildman–Crippen MR) is 88.5 cm³/mol. The molecule has 0 aromatic carbocycles. The summed E-state index contributed by atoms with van der Waals surface area (Å²) >= 11 is 0. The van der Waals surface area contributed by atoms with Gasteiger partial charge in [-0.25, -0.2) is 4.79 Å². The number of hydrogen-bond acceptors (Lipinski definition) is 4. The quantitative estimate of drug-likeness (QED) is 0.853. The summed E-state index contributed by atoms with van der Waals surface area (Å²) in [6.45, 7) is 8.42. The van der Waals surface area contributed by atoms with Gasteiger partial charge in [0.25, 0.3) is 0 Å². The number of methoxy groups -OCH3 is 1. The van der Waals surface area contributed by atoms with Gasteiger partial charge in [-0.1, -0.05) is 0 Å². The van der Waals surface area contributed by atoms with Crippen molar-refractivity contribution in [3.63, 3.8) is 0 Å². The van der Waals surface area contributed by atoms with Crippen molar-refractivity contribution < 1.29 is 14.3 Å². The molecule has 0 bridgehead atoms. The monoisotopic (exact) mass is 325 g/mol. The number of hydrogen-bond donors (Lipinski definition) is 1. The zero-order valence-corrected chi connectivity index (χ0v) is 14.7. The molecule has 3 fully saturated rings. The molecule has 0 aromatic rings. The van der Waals surface area contributed by atoms with E-state index in [-0.39, 0.29) is 17.6 Å². The maximum absolute atomic E-state index is 12.1. The highest BCUT2D eigenvalue weighted by Crippen LogP contribution is 2.44. The minimum atomic E-state index is 0.0811. The molecule has 1 spiro atoms. The molecule has 0 aromatic heterocycles. The molecule has 0 saturated carbocycles. The molecule has 132 valence electrons. The Hall–Kier alpha value is -0.850. The number of piperidine rings is 1. The average molecular weight is 325 g/mol. The number of likely N-dealkylation sites (tertiary alicyclic amines) is 2. The highest BCUT2D eigenvalue weighted by atomic mass is 16.5. The van der Waals surface area contributed by atoms with Crippen LogP contribution < -0.4 is 5.32 Å². The SMILES string of the molecule is COC1CN(C2CCN(C(=O)NC(C)C)CC2)C12CCOCC2. The first-order chi connectivity index (χ1) is 11.1. The van der Waals surface area contributed by atoms with E-state index in [1.54, 1.807) is 0 Å². The third-order valence-corrected chi connectivity index (χ3v) is 5.78. The van der Waals surface area contributed by atoms with E-state index in [0.29, 0.717) is 12.1 Å². The van der Waals surface area contributed by atoms with E-state index in [9.17, 15) is 4.79 Å². The lowest BCUT2D eigenvalue weighted by molar-refractivity contribution is -0.207. The van der Waals surface area contributed by atoms with Crippen LogP contribution in [0.4, 0.5) is 4.79 Å². The number of ether oxygens (including phenoxy) is 2. The highest BCUT2D eigenvalue weighted by Gasteiger charge is 2.56. The van der Waals surface area contributed by atoms with Gasteiger partial charge in [-0.15, -0.1) is 0 Å². The number of amides is 2. The molecule has 1 N–H and O–H groups in total.